The summed E-state index contributed by atoms with van der Waals surface area (Å²) in [4.78, 5) is 14.7. The Morgan fingerprint density at radius 1 is 1.03 bits per heavy atom. The highest BCUT2D eigenvalue weighted by Gasteiger charge is 2.70. The van der Waals surface area contributed by atoms with Gasteiger partial charge >= 0.3 is 0 Å². The molecule has 0 radical (unpaired) electrons. The van der Waals surface area contributed by atoms with Gasteiger partial charge in [0.25, 0.3) is 0 Å². The van der Waals surface area contributed by atoms with Crippen molar-refractivity contribution in [3.05, 3.63) is 41.6 Å². The van der Waals surface area contributed by atoms with E-state index in [-0.39, 0.29) is 39.0 Å². The van der Waals surface area contributed by atoms with Crippen LogP contribution in [0.1, 0.15) is 98.3 Å². The summed E-state index contributed by atoms with van der Waals surface area (Å²) in [6.45, 7) is 16.9. The molecular weight excluding hydrogens is 472 g/mol. The number of carbonyl (C=O) groups is 1. The molecule has 0 bridgehead atoms. The second-order valence-electron chi connectivity index (χ2n) is 15.1. The first kappa shape index (κ1) is 24.8. The first-order valence-corrected chi connectivity index (χ1v) is 15.0. The third-order valence-electron chi connectivity index (χ3n) is 13.5. The van der Waals surface area contributed by atoms with Gasteiger partial charge in [-0.2, -0.15) is 0 Å². The molecule has 3 saturated carbocycles. The highest BCUT2D eigenvalue weighted by molar-refractivity contribution is 5.95. The van der Waals surface area contributed by atoms with Crippen molar-refractivity contribution < 1.29 is 9.32 Å². The molecule has 2 aromatic rings. The third kappa shape index (κ3) is 2.70. The van der Waals surface area contributed by atoms with E-state index in [0.29, 0.717) is 23.5 Å². The Balaban J connectivity index is 1.40. The molecule has 0 saturated heterocycles. The monoisotopic (exact) mass is 516 g/mol. The van der Waals surface area contributed by atoms with E-state index in [1.165, 1.54) is 17.6 Å². The second-order valence-corrected chi connectivity index (χ2v) is 15.1. The zero-order chi connectivity index (χ0) is 26.9. The highest BCUT2D eigenvalue weighted by Crippen LogP contribution is 2.74. The van der Waals surface area contributed by atoms with E-state index in [4.69, 9.17) is 4.52 Å². The van der Waals surface area contributed by atoms with Crippen molar-refractivity contribution in [1.29, 1.82) is 0 Å². The van der Waals surface area contributed by atoms with Crippen molar-refractivity contribution in [3.8, 4) is 0 Å². The van der Waals surface area contributed by atoms with Crippen LogP contribution in [0.4, 0.5) is 0 Å². The molecule has 38 heavy (non-hydrogen) atoms. The zero-order valence-corrected chi connectivity index (χ0v) is 24.3. The summed E-state index contributed by atoms with van der Waals surface area (Å²) in [5.41, 5.74) is 2.23. The van der Waals surface area contributed by atoms with Crippen molar-refractivity contribution in [2.45, 2.75) is 104 Å². The van der Waals surface area contributed by atoms with Crippen LogP contribution in [0.5, 0.6) is 0 Å². The molecule has 3 fully saturated rings. The van der Waals surface area contributed by atoms with E-state index in [2.05, 4.69) is 80.9 Å². The topological polar surface area (TPSA) is 73.8 Å². The fraction of sp³-hybridized carbons (Fsp3) is 0.750. The van der Waals surface area contributed by atoms with E-state index in [1.807, 2.05) is 12.4 Å². The van der Waals surface area contributed by atoms with Gasteiger partial charge in [0.2, 0.25) is 0 Å². The Morgan fingerprint density at radius 3 is 2.55 bits per heavy atom. The maximum absolute atomic E-state index is 14.7. The Kier molecular flexibility index (Phi) is 4.88. The average molecular weight is 517 g/mol. The van der Waals surface area contributed by atoms with Crippen molar-refractivity contribution in [2.75, 3.05) is 0 Å². The molecule has 5 aliphatic carbocycles. The summed E-state index contributed by atoms with van der Waals surface area (Å²) >= 11 is 0. The molecule has 7 rings (SSSR count). The fourth-order valence-electron chi connectivity index (χ4n) is 11.3. The van der Waals surface area contributed by atoms with Crippen LogP contribution < -0.4 is 0 Å². The summed E-state index contributed by atoms with van der Waals surface area (Å²) in [6.07, 6.45) is 15.5. The van der Waals surface area contributed by atoms with Gasteiger partial charge in [0.05, 0.1) is 17.9 Å². The summed E-state index contributed by atoms with van der Waals surface area (Å²) in [5.74, 6) is 3.18. The maximum Gasteiger partial charge on any atom is 0.159 e. The second kappa shape index (κ2) is 7.48. The largest absolute Gasteiger partial charge is 0.361 e. The number of rotatable bonds is 1. The van der Waals surface area contributed by atoms with Gasteiger partial charge < -0.3 is 4.52 Å². The Hall–Kier alpha value is -2.24. The number of aromatic nitrogens is 4. The van der Waals surface area contributed by atoms with Crippen LogP contribution in [0.25, 0.3) is 0 Å². The van der Waals surface area contributed by atoms with Crippen LogP contribution in [-0.2, 0) is 22.2 Å². The Bertz CT molecular complexity index is 1320. The van der Waals surface area contributed by atoms with Crippen LogP contribution in [0, 0.1) is 45.8 Å². The minimum absolute atomic E-state index is 0.00912. The number of hydrogen-bond donors (Lipinski definition) is 0. The molecule has 6 nitrogen and oxygen atoms in total. The smallest absolute Gasteiger partial charge is 0.159 e. The predicted octanol–water partition coefficient (Wildman–Crippen LogP) is 6.53. The Labute approximate surface area is 227 Å². The van der Waals surface area contributed by atoms with Crippen molar-refractivity contribution in [3.63, 3.8) is 0 Å². The quantitative estimate of drug-likeness (QED) is 0.431. The van der Waals surface area contributed by atoms with E-state index in [0.717, 1.165) is 44.3 Å². The zero-order valence-electron chi connectivity index (χ0n) is 24.3. The van der Waals surface area contributed by atoms with Gasteiger partial charge in [-0.25, -0.2) is 4.68 Å². The van der Waals surface area contributed by atoms with E-state index in [9.17, 15) is 4.79 Å². The van der Waals surface area contributed by atoms with Gasteiger partial charge in [-0.05, 0) is 90.9 Å². The Morgan fingerprint density at radius 2 is 1.82 bits per heavy atom. The van der Waals surface area contributed by atoms with E-state index >= 15 is 0 Å². The van der Waals surface area contributed by atoms with Gasteiger partial charge in [-0.1, -0.05) is 64.4 Å². The molecule has 0 aliphatic heterocycles. The van der Waals surface area contributed by atoms with Crippen molar-refractivity contribution in [2.24, 2.45) is 45.8 Å². The fourth-order valence-corrected chi connectivity index (χ4v) is 11.3. The number of hydrogen-bond acceptors (Lipinski definition) is 5. The molecule has 0 spiro atoms. The molecule has 9 atom stereocenters. The number of ketones is 1. The van der Waals surface area contributed by atoms with Gasteiger partial charge in [-0.15, -0.1) is 5.10 Å². The standard InChI is InChI=1S/C32H44N4O2/c1-19-8-11-32(36-15-14-33-35-36)13-12-31(7)26(25(32)20(19)2)22(37)16-24-29(5)17-21-18-34-38-27(21)28(3,4)23(29)9-10-30(24,31)6/h14-16,18-20,23,25-26H,8-13,17H2,1-7H3/t19-,20+,23+,25+,26-,29+,30-,31-,32+/m1/s1. The molecule has 204 valence electrons. The predicted molar refractivity (Wildman–Crippen MR) is 145 cm³/mol. The summed E-state index contributed by atoms with van der Waals surface area (Å²) in [5, 5.41) is 13.0. The first-order chi connectivity index (χ1) is 17.9. The van der Waals surface area contributed by atoms with E-state index in [1.54, 1.807) is 0 Å². The number of carbonyl (C=O) groups excluding carboxylic acids is 1. The van der Waals surface area contributed by atoms with Crippen LogP contribution in [0.15, 0.2) is 34.8 Å². The first-order valence-electron chi connectivity index (χ1n) is 15.0. The lowest BCUT2D eigenvalue weighted by Crippen LogP contribution is -2.67. The van der Waals surface area contributed by atoms with Gasteiger partial charge in [0.1, 0.15) is 5.76 Å². The van der Waals surface area contributed by atoms with E-state index < -0.39 is 0 Å². The summed E-state index contributed by atoms with van der Waals surface area (Å²) in [6, 6.07) is 0. The van der Waals surface area contributed by atoms with Gasteiger partial charge in [0, 0.05) is 23.1 Å². The molecular formula is C32H44N4O2. The number of nitrogens with zero attached hydrogens (tertiary/aromatic N) is 4. The minimum atomic E-state index is -0.116. The van der Waals surface area contributed by atoms with Crippen molar-refractivity contribution in [1.82, 2.24) is 20.2 Å². The lowest BCUT2D eigenvalue weighted by atomic mass is 9.34. The third-order valence-corrected chi connectivity index (χ3v) is 13.5. The molecule has 0 N–H and O–H groups in total. The van der Waals surface area contributed by atoms with Crippen LogP contribution in [-0.4, -0.2) is 25.9 Å². The maximum atomic E-state index is 14.7. The minimum Gasteiger partial charge on any atom is -0.361 e. The van der Waals surface area contributed by atoms with Gasteiger partial charge in [0.15, 0.2) is 5.78 Å². The van der Waals surface area contributed by atoms with Crippen LogP contribution >= 0.6 is 0 Å². The molecule has 0 unspecified atom stereocenters. The lowest BCUT2D eigenvalue weighted by Gasteiger charge is -2.69. The van der Waals surface area contributed by atoms with Crippen molar-refractivity contribution >= 4 is 5.78 Å². The molecule has 2 aromatic heterocycles. The van der Waals surface area contributed by atoms with Crippen LogP contribution in [0.3, 0.4) is 0 Å². The highest BCUT2D eigenvalue weighted by atomic mass is 16.5. The van der Waals surface area contributed by atoms with Crippen LogP contribution in [0.2, 0.25) is 0 Å². The molecule has 0 aromatic carbocycles. The molecule has 2 heterocycles. The summed E-state index contributed by atoms with van der Waals surface area (Å²) in [7, 11) is 0. The SMILES string of the molecule is C[C@@H]1[C@H]2[C@H]3C(=O)C=C4[C@@]5(C)Cc6cnoc6C(C)(C)[C@@H]5CC[C@@]4(C)[C@]3(C)CC[C@@]2(n2ccnn2)CC[C@H]1C. The molecule has 0 amide bonds. The average Bonchev–Trinajstić information content (AvgIpc) is 3.56. The summed E-state index contributed by atoms with van der Waals surface area (Å²) < 4.78 is 7.99. The molecule has 5 aliphatic rings. The molecule has 6 heteroatoms. The normalized spacial score (nSPS) is 47.2. The number of fused-ring (bicyclic) bond motifs is 8. The lowest BCUT2D eigenvalue weighted by molar-refractivity contribution is -0.175. The van der Waals surface area contributed by atoms with Gasteiger partial charge in [-0.3, -0.25) is 4.79 Å². The number of allylic oxidation sites excluding steroid dienone is 2.